The minimum absolute atomic E-state index is 0.210. The van der Waals surface area contributed by atoms with Crippen molar-refractivity contribution < 1.29 is 29.3 Å². The van der Waals surface area contributed by atoms with Gasteiger partial charge in [-0.25, -0.2) is 53.2 Å². The summed E-state index contributed by atoms with van der Waals surface area (Å²) in [6.07, 6.45) is 11.1. The van der Waals surface area contributed by atoms with E-state index >= 15 is 0 Å². The summed E-state index contributed by atoms with van der Waals surface area (Å²) >= 11 is 1.40. The van der Waals surface area contributed by atoms with E-state index in [0.29, 0.717) is 75.8 Å². The molecule has 0 fully saturated rings. The number of carbonyl (C=O) groups is 2. The molecular formula is C65H88N16O8S. The maximum absolute atomic E-state index is 13.2. The number of amides is 2. The summed E-state index contributed by atoms with van der Waals surface area (Å²) in [7, 11) is 4.07. The summed E-state index contributed by atoms with van der Waals surface area (Å²) in [5.74, 6) is 1.26. The van der Waals surface area contributed by atoms with Crippen molar-refractivity contribution in [3.8, 4) is 11.6 Å². The zero-order valence-corrected chi connectivity index (χ0v) is 54.9. The normalized spacial score (nSPS) is 11.6. The third-order valence-electron chi connectivity index (χ3n) is 13.3. The Kier molecular flexibility index (Phi) is 24.0. The fraction of sp³-hybridized carbons (Fsp3) is 0.415. The second kappa shape index (κ2) is 30.9. The highest BCUT2D eigenvalue weighted by Crippen LogP contribution is 2.26. The number of carbonyl (C=O) groups excluding carboxylic acids is 2. The minimum atomic E-state index is -1.16. The van der Waals surface area contributed by atoms with Crippen molar-refractivity contribution in [3.63, 3.8) is 0 Å². The van der Waals surface area contributed by atoms with E-state index in [0.717, 1.165) is 61.5 Å². The lowest BCUT2D eigenvalue weighted by Gasteiger charge is -2.21. The average Bonchev–Trinajstić information content (AvgIpc) is 1.62. The van der Waals surface area contributed by atoms with Gasteiger partial charge >= 0.3 is 12.2 Å². The summed E-state index contributed by atoms with van der Waals surface area (Å²) in [5.41, 5.74) is 7.54. The molecule has 0 unspecified atom stereocenters. The van der Waals surface area contributed by atoms with Crippen LogP contribution in [0.25, 0.3) is 33.7 Å². The lowest BCUT2D eigenvalue weighted by molar-refractivity contribution is 0.0515. The molecule has 0 saturated heterocycles. The number of aromatic nitrogens is 10. The summed E-state index contributed by atoms with van der Waals surface area (Å²) in [6.45, 7) is 28.7. The van der Waals surface area contributed by atoms with Gasteiger partial charge in [0.05, 0.1) is 24.5 Å². The number of unbranched alkanes of at least 4 members (excludes halogenated alkanes) is 2. The first kappa shape index (κ1) is 70.0. The van der Waals surface area contributed by atoms with E-state index < -0.39 is 28.5 Å². The van der Waals surface area contributed by atoms with Gasteiger partial charge in [0.15, 0.2) is 28.1 Å². The number of hydrogen-bond donors (Lipinski definition) is 6. The minimum Gasteiger partial charge on any atom is -0.444 e. The number of benzene rings is 2. The Morgan fingerprint density at radius 1 is 0.611 bits per heavy atom. The van der Waals surface area contributed by atoms with E-state index in [4.69, 9.17) is 15.2 Å². The van der Waals surface area contributed by atoms with Crippen LogP contribution in [0.5, 0.6) is 0 Å². The Morgan fingerprint density at radius 2 is 1.03 bits per heavy atom. The fourth-order valence-corrected chi connectivity index (χ4v) is 9.21. The quantitative estimate of drug-likeness (QED) is 0.0114. The molecule has 0 spiro atoms. The van der Waals surface area contributed by atoms with Gasteiger partial charge in [-0.3, -0.25) is 9.59 Å². The number of nitrogen functional groups attached to an aromatic ring is 1. The molecule has 8 aromatic rings. The van der Waals surface area contributed by atoms with Gasteiger partial charge in [-0.05, 0) is 174 Å². The number of fused-ring (bicyclic) bond motifs is 2. The maximum Gasteiger partial charge on any atom is 0.407 e. The predicted molar refractivity (Wildman–Crippen MR) is 359 cm³/mol. The van der Waals surface area contributed by atoms with Crippen molar-refractivity contribution in [1.82, 2.24) is 59.3 Å². The molecule has 8 rings (SSSR count). The molecule has 90 heavy (non-hydrogen) atoms. The molecule has 0 aliphatic rings. The van der Waals surface area contributed by atoms with Gasteiger partial charge in [0, 0.05) is 75.4 Å². The largest absolute Gasteiger partial charge is 0.444 e. The van der Waals surface area contributed by atoms with Crippen LogP contribution in [-0.2, 0) is 33.8 Å². The molecule has 7 N–H and O–H groups in total. The van der Waals surface area contributed by atoms with Crippen molar-refractivity contribution in [2.45, 2.75) is 136 Å². The molecular weight excluding hydrogens is 1160 g/mol. The number of nitrogens with one attached hydrogen (secondary N) is 3. The third kappa shape index (κ3) is 20.0. The molecule has 2 amide bonds. The predicted octanol–water partition coefficient (Wildman–Crippen LogP) is 10.00. The highest BCUT2D eigenvalue weighted by Gasteiger charge is 2.24. The summed E-state index contributed by atoms with van der Waals surface area (Å²) < 4.78 is 16.7. The molecule has 24 nitrogen and oxygen atoms in total. The first-order chi connectivity index (χ1) is 42.4. The first-order valence-electron chi connectivity index (χ1n) is 29.6. The standard InChI is InChI=1S/C32H42N8O4.C17H19N5O2S.C16H27N3O2/c1-8-19-39-28(41)24-21-34-29(37-27(24)40(39)26-13-11-12-25(36-26)32(5,6)43)35-22-14-16-23(17-15-22)38(7)20-10-9-18-33-30(42)44-31(2,3)4;1-5-9-21-15(23)11-10-18-16(25-4)20-14(11)22(21)13-8-6-7-12(19-13)17(2,3)24;1-16(2,3)21-15(20)18-11-5-6-12-19(4)14-9-7-13(17)8-10-14/h8,11-17,21,43H,1,9-10,18-20H2,2-7H3,(H,33,42)(H,34,35,37);5-8,10,24H,1,9H2,2-4H3;7-10H,5-6,11-12,17H2,1-4H3,(H,18,20). The molecule has 482 valence electrons. The molecule has 6 heterocycles. The van der Waals surface area contributed by atoms with Crippen LogP contribution in [0.4, 0.5) is 38.3 Å². The summed E-state index contributed by atoms with van der Waals surface area (Å²) in [4.78, 5) is 80.4. The zero-order valence-electron chi connectivity index (χ0n) is 54.1. The number of ether oxygens (including phenoxy) is 2. The Morgan fingerprint density at radius 3 is 1.44 bits per heavy atom. The van der Waals surface area contributed by atoms with Crippen molar-refractivity contribution in [1.29, 1.82) is 0 Å². The van der Waals surface area contributed by atoms with Crippen LogP contribution in [0.15, 0.2) is 137 Å². The first-order valence-corrected chi connectivity index (χ1v) is 30.9. The monoisotopic (exact) mass is 1250 g/mol. The van der Waals surface area contributed by atoms with Gasteiger partial charge in [0.1, 0.15) is 33.2 Å². The van der Waals surface area contributed by atoms with Crippen LogP contribution in [-0.4, -0.2) is 129 Å². The molecule has 0 saturated carbocycles. The van der Waals surface area contributed by atoms with Gasteiger partial charge in [0.25, 0.3) is 11.1 Å². The van der Waals surface area contributed by atoms with Crippen molar-refractivity contribution in [3.05, 3.63) is 155 Å². The van der Waals surface area contributed by atoms with Crippen LogP contribution in [0.2, 0.25) is 0 Å². The Bertz CT molecular complexity index is 3830. The van der Waals surface area contributed by atoms with E-state index in [-0.39, 0.29) is 23.8 Å². The molecule has 0 aliphatic heterocycles. The van der Waals surface area contributed by atoms with Gasteiger partial charge in [-0.1, -0.05) is 36.0 Å². The van der Waals surface area contributed by atoms with Crippen LogP contribution in [0.3, 0.4) is 0 Å². The molecule has 0 aliphatic carbocycles. The SMILES string of the molecule is C=CCn1c(=O)c2cnc(Nc3ccc(N(C)CCCCNC(=O)OC(C)(C)C)cc3)nc2n1-c1cccc(C(C)(C)O)n1.C=CCn1c(=O)c2cnc(SC)nc2n1-c1cccc(C(C)(C)O)n1.CN(CCCCNC(=O)OC(C)(C)C)c1ccc(N)cc1. The van der Waals surface area contributed by atoms with Crippen LogP contribution < -0.4 is 42.6 Å². The Hall–Kier alpha value is -9.07. The molecule has 6 aromatic heterocycles. The van der Waals surface area contributed by atoms with E-state index in [1.165, 1.54) is 33.5 Å². The lowest BCUT2D eigenvalue weighted by Crippen LogP contribution is -2.33. The van der Waals surface area contributed by atoms with Gasteiger partial charge in [0.2, 0.25) is 5.95 Å². The highest BCUT2D eigenvalue weighted by atomic mass is 32.2. The Balaban J connectivity index is 0.000000236. The lowest BCUT2D eigenvalue weighted by atomic mass is 10.1. The van der Waals surface area contributed by atoms with Gasteiger partial charge in [-0.2, -0.15) is 4.98 Å². The second-order valence-corrected chi connectivity index (χ2v) is 25.0. The topological polar surface area (TPSA) is 293 Å². The number of nitrogens with two attached hydrogens (primary N) is 1. The molecule has 0 bridgehead atoms. The van der Waals surface area contributed by atoms with E-state index in [1.807, 2.05) is 110 Å². The maximum atomic E-state index is 13.2. The van der Waals surface area contributed by atoms with Crippen molar-refractivity contribution >= 4 is 74.7 Å². The van der Waals surface area contributed by atoms with Crippen LogP contribution in [0.1, 0.15) is 106 Å². The number of pyridine rings is 2. The zero-order chi connectivity index (χ0) is 66.1. The Labute approximate surface area is 530 Å². The summed E-state index contributed by atoms with van der Waals surface area (Å²) in [5, 5.41) is 30.9. The molecule has 2 aromatic carbocycles. The second-order valence-electron chi connectivity index (χ2n) is 24.3. The fourth-order valence-electron chi connectivity index (χ4n) is 8.88. The number of alkyl carbamates (subject to hydrolysis) is 2. The highest BCUT2D eigenvalue weighted by molar-refractivity contribution is 7.98. The molecule has 0 radical (unpaired) electrons. The summed E-state index contributed by atoms with van der Waals surface area (Å²) in [6, 6.07) is 26.3. The molecule has 0 atom stereocenters. The van der Waals surface area contributed by atoms with E-state index in [1.54, 1.807) is 85.6 Å². The number of nitrogens with zero attached hydrogens (tertiary/aromatic N) is 12. The van der Waals surface area contributed by atoms with Crippen LogP contribution in [0, 0.1) is 0 Å². The number of aliphatic hydroxyl groups is 2. The average molecular weight is 1250 g/mol. The number of allylic oxidation sites excluding steroid dienone is 2. The number of thioether (sulfide) groups is 1. The smallest absolute Gasteiger partial charge is 0.407 e. The van der Waals surface area contributed by atoms with E-state index in [2.05, 4.69) is 68.8 Å². The molecule has 25 heteroatoms. The van der Waals surface area contributed by atoms with Gasteiger partial charge < -0.3 is 51.2 Å². The van der Waals surface area contributed by atoms with Crippen molar-refractivity contribution in [2.24, 2.45) is 0 Å². The number of rotatable bonds is 23. The third-order valence-corrected chi connectivity index (χ3v) is 13.9. The number of hydrogen-bond acceptors (Lipinski definition) is 19. The number of anilines is 5. The van der Waals surface area contributed by atoms with Crippen LogP contribution >= 0.6 is 11.8 Å². The van der Waals surface area contributed by atoms with Gasteiger partial charge in [-0.15, -0.1) is 13.2 Å². The van der Waals surface area contributed by atoms with Crippen molar-refractivity contribution in [2.75, 3.05) is 67.4 Å². The van der Waals surface area contributed by atoms with E-state index in [9.17, 15) is 29.4 Å².